The van der Waals surface area contributed by atoms with Gasteiger partial charge in [0.15, 0.2) is 5.78 Å². The summed E-state index contributed by atoms with van der Waals surface area (Å²) in [5.74, 6) is 2.91. The summed E-state index contributed by atoms with van der Waals surface area (Å²) in [5, 5.41) is 0.478. The van der Waals surface area contributed by atoms with E-state index in [1.54, 1.807) is 12.1 Å². The Labute approximate surface area is 188 Å². The Balaban J connectivity index is 1.76. The number of hydrogen-bond acceptors (Lipinski definition) is 6. The maximum atomic E-state index is 12.5. The van der Waals surface area contributed by atoms with Crippen LogP contribution in [0.4, 0.5) is 11.6 Å². The molecule has 166 valence electrons. The normalized spacial score (nSPS) is 10.9. The van der Waals surface area contributed by atoms with Crippen LogP contribution in [0.2, 0.25) is 0 Å². The minimum absolute atomic E-state index is 0.0935. The van der Waals surface area contributed by atoms with Gasteiger partial charge in [0.1, 0.15) is 0 Å². The highest BCUT2D eigenvalue weighted by atomic mass is 16.1. The van der Waals surface area contributed by atoms with E-state index >= 15 is 0 Å². The molecule has 0 spiro atoms. The maximum absolute atomic E-state index is 12.5. The molecule has 32 heavy (non-hydrogen) atoms. The second-order valence-electron chi connectivity index (χ2n) is 7.61. The number of nitrogens with two attached hydrogens (primary N) is 1. The lowest BCUT2D eigenvalue weighted by Gasteiger charge is -2.23. The quantitative estimate of drug-likeness (QED) is 0.378. The second kappa shape index (κ2) is 10.6. The van der Waals surface area contributed by atoms with Crippen LogP contribution in [-0.2, 0) is 6.54 Å². The molecule has 7 nitrogen and oxygen atoms in total. The minimum atomic E-state index is -0.273. The van der Waals surface area contributed by atoms with E-state index in [4.69, 9.17) is 12.2 Å². The molecule has 0 atom stereocenters. The molecule has 0 radical (unpaired) electrons. The van der Waals surface area contributed by atoms with Crippen molar-refractivity contribution in [1.82, 2.24) is 14.9 Å². The van der Waals surface area contributed by atoms with Crippen molar-refractivity contribution < 1.29 is 4.79 Å². The van der Waals surface area contributed by atoms with Gasteiger partial charge in [0, 0.05) is 30.8 Å². The number of ketones is 1. The van der Waals surface area contributed by atoms with E-state index in [1.807, 2.05) is 35.2 Å². The third-order valence-electron chi connectivity index (χ3n) is 5.55. The zero-order valence-corrected chi connectivity index (χ0v) is 18.6. The molecular formula is C25H29N5O2. The van der Waals surface area contributed by atoms with Crippen LogP contribution < -0.4 is 16.2 Å². The molecule has 0 saturated carbocycles. The molecule has 1 heterocycles. The molecule has 0 amide bonds. The van der Waals surface area contributed by atoms with Gasteiger partial charge in [-0.05, 0) is 55.1 Å². The van der Waals surface area contributed by atoms with Gasteiger partial charge in [0.25, 0.3) is 5.56 Å². The van der Waals surface area contributed by atoms with Crippen molar-refractivity contribution in [3.8, 4) is 12.3 Å². The number of nitrogens with zero attached hydrogens (tertiary/aromatic N) is 3. The number of benzene rings is 2. The van der Waals surface area contributed by atoms with E-state index in [2.05, 4.69) is 34.6 Å². The molecule has 0 bridgehead atoms. The van der Waals surface area contributed by atoms with Crippen LogP contribution in [0.15, 0.2) is 47.3 Å². The number of nitrogen functional groups attached to an aromatic ring is 1. The summed E-state index contributed by atoms with van der Waals surface area (Å²) in [7, 11) is 0. The Bertz CT molecular complexity index is 1170. The van der Waals surface area contributed by atoms with Crippen molar-refractivity contribution in [2.45, 2.75) is 26.8 Å². The molecule has 2 aromatic carbocycles. The number of aromatic amines is 1. The van der Waals surface area contributed by atoms with Gasteiger partial charge >= 0.3 is 0 Å². The van der Waals surface area contributed by atoms with Crippen molar-refractivity contribution in [2.24, 2.45) is 0 Å². The largest absolute Gasteiger partial charge is 0.369 e. The third-order valence-corrected chi connectivity index (χ3v) is 5.55. The second-order valence-corrected chi connectivity index (χ2v) is 7.61. The summed E-state index contributed by atoms with van der Waals surface area (Å²) in [6, 6.07) is 13.0. The van der Waals surface area contributed by atoms with E-state index in [0.29, 0.717) is 36.0 Å². The van der Waals surface area contributed by atoms with Crippen molar-refractivity contribution in [1.29, 1.82) is 0 Å². The molecule has 1 aromatic heterocycles. The van der Waals surface area contributed by atoms with Gasteiger partial charge in [-0.15, -0.1) is 6.42 Å². The summed E-state index contributed by atoms with van der Waals surface area (Å²) in [6.45, 7) is 7.74. The fourth-order valence-corrected chi connectivity index (χ4v) is 3.67. The Morgan fingerprint density at radius 1 is 1.16 bits per heavy atom. The van der Waals surface area contributed by atoms with Crippen LogP contribution in [-0.4, -0.2) is 46.8 Å². The molecule has 0 aliphatic heterocycles. The highest BCUT2D eigenvalue weighted by molar-refractivity contribution is 5.96. The highest BCUT2D eigenvalue weighted by Gasteiger charge is 2.12. The standard InChI is InChI=1S/C25H29N5O2/c1-4-14-30(17-18-7-12-22-21(16-18)24(32)28-25(26)27-22)20-10-8-19(9-11-20)23(31)13-15-29(5-2)6-3/h1,7-12,16H,5-6,13-15,17H2,2-3H3,(H3,26,27,28,32). The highest BCUT2D eigenvalue weighted by Crippen LogP contribution is 2.20. The number of H-pyrrole nitrogens is 1. The van der Waals surface area contributed by atoms with Crippen molar-refractivity contribution in [3.63, 3.8) is 0 Å². The Morgan fingerprint density at radius 3 is 2.53 bits per heavy atom. The van der Waals surface area contributed by atoms with E-state index in [1.165, 1.54) is 0 Å². The van der Waals surface area contributed by atoms with Crippen molar-refractivity contribution in [2.75, 3.05) is 36.8 Å². The molecular weight excluding hydrogens is 402 g/mol. The first-order valence-corrected chi connectivity index (χ1v) is 10.8. The summed E-state index contributed by atoms with van der Waals surface area (Å²) < 4.78 is 0. The first-order valence-electron chi connectivity index (χ1n) is 10.8. The fraction of sp³-hybridized carbons (Fsp3) is 0.320. The van der Waals surface area contributed by atoms with Crippen LogP contribution in [0.3, 0.4) is 0 Å². The first kappa shape index (κ1) is 23.0. The molecule has 0 saturated heterocycles. The lowest BCUT2D eigenvalue weighted by Crippen LogP contribution is -2.25. The maximum Gasteiger partial charge on any atom is 0.260 e. The Morgan fingerprint density at radius 2 is 1.88 bits per heavy atom. The van der Waals surface area contributed by atoms with Crippen molar-refractivity contribution in [3.05, 3.63) is 63.9 Å². The van der Waals surface area contributed by atoms with Crippen LogP contribution in [0.5, 0.6) is 0 Å². The Kier molecular flexibility index (Phi) is 7.63. The number of Topliss-reactive ketones (excluding diaryl/α,β-unsaturated/α-hetero) is 1. The molecule has 3 aromatic rings. The number of anilines is 2. The van der Waals surface area contributed by atoms with Crippen LogP contribution in [0.1, 0.15) is 36.2 Å². The Hall–Kier alpha value is -3.63. The summed E-state index contributed by atoms with van der Waals surface area (Å²) in [4.78, 5) is 35.7. The number of carbonyl (C=O) groups is 1. The third kappa shape index (κ3) is 5.54. The predicted molar refractivity (Wildman–Crippen MR) is 130 cm³/mol. The smallest absolute Gasteiger partial charge is 0.260 e. The number of aromatic nitrogens is 2. The number of terminal acetylenes is 1. The molecule has 0 fully saturated rings. The first-order chi connectivity index (χ1) is 15.4. The van der Waals surface area contributed by atoms with Gasteiger partial charge in [-0.3, -0.25) is 14.6 Å². The van der Waals surface area contributed by atoms with Crippen LogP contribution >= 0.6 is 0 Å². The average Bonchev–Trinajstić information content (AvgIpc) is 2.79. The fourth-order valence-electron chi connectivity index (χ4n) is 3.67. The van der Waals surface area contributed by atoms with Gasteiger partial charge < -0.3 is 15.5 Å². The zero-order valence-electron chi connectivity index (χ0n) is 18.6. The summed E-state index contributed by atoms with van der Waals surface area (Å²) in [5.41, 5.74) is 8.42. The van der Waals surface area contributed by atoms with Gasteiger partial charge in [-0.2, -0.15) is 0 Å². The number of nitrogens with one attached hydrogen (secondary N) is 1. The van der Waals surface area contributed by atoms with Gasteiger partial charge in [0.2, 0.25) is 5.95 Å². The summed E-state index contributed by atoms with van der Waals surface area (Å²) in [6.07, 6.45) is 6.09. The number of fused-ring (bicyclic) bond motifs is 1. The van der Waals surface area contributed by atoms with Gasteiger partial charge in [0.05, 0.1) is 17.4 Å². The molecule has 0 aliphatic carbocycles. The number of hydrogen-bond donors (Lipinski definition) is 2. The molecule has 0 aliphatic rings. The number of rotatable bonds is 10. The lowest BCUT2D eigenvalue weighted by atomic mass is 10.1. The van der Waals surface area contributed by atoms with E-state index in [-0.39, 0.29) is 17.3 Å². The lowest BCUT2D eigenvalue weighted by molar-refractivity contribution is 0.0966. The summed E-state index contributed by atoms with van der Waals surface area (Å²) >= 11 is 0. The van der Waals surface area contributed by atoms with E-state index in [9.17, 15) is 9.59 Å². The predicted octanol–water partition coefficient (Wildman–Crippen LogP) is 3.06. The van der Waals surface area contributed by atoms with Crippen LogP contribution in [0, 0.1) is 12.3 Å². The molecule has 3 N–H and O–H groups in total. The average molecular weight is 432 g/mol. The van der Waals surface area contributed by atoms with E-state index < -0.39 is 0 Å². The minimum Gasteiger partial charge on any atom is -0.369 e. The van der Waals surface area contributed by atoms with Crippen molar-refractivity contribution >= 4 is 28.3 Å². The topological polar surface area (TPSA) is 95.3 Å². The molecule has 0 unspecified atom stereocenters. The molecule has 3 rings (SSSR count). The van der Waals surface area contributed by atoms with E-state index in [0.717, 1.165) is 30.9 Å². The SMILES string of the molecule is C#CCN(Cc1ccc2nc(N)[nH]c(=O)c2c1)c1ccc(C(=O)CCN(CC)CC)cc1. The van der Waals surface area contributed by atoms with Gasteiger partial charge in [-0.25, -0.2) is 4.98 Å². The zero-order chi connectivity index (χ0) is 23.1. The monoisotopic (exact) mass is 431 g/mol. The molecule has 7 heteroatoms. The van der Waals surface area contributed by atoms with Crippen LogP contribution in [0.25, 0.3) is 10.9 Å². The number of carbonyl (C=O) groups excluding carboxylic acids is 1. The van der Waals surface area contributed by atoms with Gasteiger partial charge in [-0.1, -0.05) is 25.8 Å².